The zero-order chi connectivity index (χ0) is 74.6. The summed E-state index contributed by atoms with van der Waals surface area (Å²) in [5.41, 5.74) is 10.8. The van der Waals surface area contributed by atoms with Crippen molar-refractivity contribution in [1.82, 2.24) is 0 Å². The van der Waals surface area contributed by atoms with Gasteiger partial charge in [0.05, 0.1) is 66.1 Å². The first-order chi connectivity index (χ1) is 51.7. The molecule has 10 bridgehead atoms. The Bertz CT molecular complexity index is 2400. The number of ether oxygens (including phenoxy) is 10. The van der Waals surface area contributed by atoms with Gasteiger partial charge in [0.25, 0.3) is 0 Å². The van der Waals surface area contributed by atoms with Crippen LogP contribution in [0.25, 0.3) is 0 Å². The van der Waals surface area contributed by atoms with E-state index in [0.717, 1.165) is 306 Å². The molecule has 105 heavy (non-hydrogen) atoms. The van der Waals surface area contributed by atoms with Gasteiger partial charge in [-0.2, -0.15) is 0 Å². The second kappa shape index (κ2) is 55.5. The van der Waals surface area contributed by atoms with Crippen molar-refractivity contribution < 1.29 is 47.4 Å². The molecule has 0 N–H and O–H groups in total. The van der Waals surface area contributed by atoms with E-state index in [2.05, 4.69) is 130 Å². The molecule has 10 aliphatic rings. The van der Waals surface area contributed by atoms with Gasteiger partial charge in [-0.25, -0.2) is 0 Å². The maximum atomic E-state index is 7.19. The number of unbranched alkanes of at least 4 members (excludes halogenated alkanes) is 30. The molecule has 0 amide bonds. The van der Waals surface area contributed by atoms with E-state index < -0.39 is 0 Å². The molecule has 590 valence electrons. The van der Waals surface area contributed by atoms with E-state index >= 15 is 0 Å². The zero-order valence-electron chi connectivity index (χ0n) is 68.7. The van der Waals surface area contributed by atoms with Gasteiger partial charge in [0.2, 0.25) is 0 Å². The smallest absolute Gasteiger partial charge is 0.123 e. The largest absolute Gasteiger partial charge is 0.493 e. The van der Waals surface area contributed by atoms with E-state index in [1.54, 1.807) is 0 Å². The van der Waals surface area contributed by atoms with Crippen molar-refractivity contribution in [2.75, 3.05) is 66.1 Å². The highest BCUT2D eigenvalue weighted by Crippen LogP contribution is 2.44. The average molecular weight is 1450 g/mol. The highest BCUT2D eigenvalue weighted by molar-refractivity contribution is 5.60. The summed E-state index contributed by atoms with van der Waals surface area (Å²) >= 11 is 0. The molecule has 10 nitrogen and oxygen atoms in total. The Morgan fingerprint density at radius 3 is 0.324 bits per heavy atom. The highest BCUT2D eigenvalue weighted by atomic mass is 16.5. The maximum Gasteiger partial charge on any atom is 0.123 e. The topological polar surface area (TPSA) is 92.3 Å². The molecule has 15 rings (SSSR count). The molecule has 0 spiro atoms. The van der Waals surface area contributed by atoms with E-state index in [0.29, 0.717) is 98.2 Å². The molecule has 0 saturated heterocycles. The van der Waals surface area contributed by atoms with Gasteiger partial charge in [0, 0.05) is 87.7 Å². The van der Waals surface area contributed by atoms with Crippen LogP contribution in [-0.2, 0) is 32.1 Å². The van der Waals surface area contributed by atoms with Crippen LogP contribution in [0.15, 0.2) is 60.7 Å². The van der Waals surface area contributed by atoms with Gasteiger partial charge in [-0.05, 0) is 125 Å². The zero-order valence-corrected chi connectivity index (χ0v) is 68.7. The molecule has 0 heterocycles. The predicted octanol–water partition coefficient (Wildman–Crippen LogP) is 27.5. The van der Waals surface area contributed by atoms with E-state index in [9.17, 15) is 0 Å². The average Bonchev–Trinajstić information content (AvgIpc) is 1.13. The highest BCUT2D eigenvalue weighted by Gasteiger charge is 2.26. The number of rotatable bonds is 60. The Hall–Kier alpha value is -5.90. The number of hydrogen-bond donors (Lipinski definition) is 0. The van der Waals surface area contributed by atoms with Gasteiger partial charge < -0.3 is 47.4 Å². The first-order valence-electron chi connectivity index (χ1n) is 43.8. The first kappa shape index (κ1) is 88.0. The number of hydrogen-bond acceptors (Lipinski definition) is 10. The van der Waals surface area contributed by atoms with Crippen LogP contribution < -0.4 is 47.4 Å². The van der Waals surface area contributed by atoms with Crippen LogP contribution in [0.1, 0.15) is 382 Å². The van der Waals surface area contributed by atoms with Crippen LogP contribution in [0.5, 0.6) is 57.5 Å². The fourth-order valence-electron chi connectivity index (χ4n) is 14.1. The predicted molar refractivity (Wildman–Crippen MR) is 443 cm³/mol. The van der Waals surface area contributed by atoms with E-state index in [4.69, 9.17) is 47.4 Å². The molecule has 10 heteroatoms. The lowest BCUT2D eigenvalue weighted by atomic mass is 9.94. The maximum absolute atomic E-state index is 7.19. The van der Waals surface area contributed by atoms with E-state index in [-0.39, 0.29) is 0 Å². The second-order valence-electron chi connectivity index (χ2n) is 30.3. The summed E-state index contributed by atoms with van der Waals surface area (Å²) < 4.78 is 71.9. The lowest BCUT2D eigenvalue weighted by molar-refractivity contribution is 0.288. The molecule has 0 aromatic heterocycles. The molecule has 5 aromatic rings. The first-order valence-corrected chi connectivity index (χ1v) is 43.8. The minimum Gasteiger partial charge on any atom is -0.493 e. The molecule has 0 unspecified atom stereocenters. The Kier molecular flexibility index (Phi) is 46.5. The quantitative estimate of drug-likeness (QED) is 0.0344. The third kappa shape index (κ3) is 33.6. The van der Waals surface area contributed by atoms with Crippen molar-refractivity contribution in [3.63, 3.8) is 0 Å². The summed E-state index contributed by atoms with van der Waals surface area (Å²) in [6, 6.07) is 23.2. The van der Waals surface area contributed by atoms with Crippen LogP contribution in [0.4, 0.5) is 0 Å². The summed E-state index contributed by atoms with van der Waals surface area (Å²) in [6.07, 6.45) is 47.1. The summed E-state index contributed by atoms with van der Waals surface area (Å²) in [4.78, 5) is 0. The molecule has 5 aromatic carbocycles. The second-order valence-corrected chi connectivity index (χ2v) is 30.3. The molecule has 0 atom stereocenters. The van der Waals surface area contributed by atoms with Crippen LogP contribution in [0.2, 0.25) is 0 Å². The monoisotopic (exact) mass is 1450 g/mol. The molecule has 0 fully saturated rings. The molecular weight excluding hydrogens is 1300 g/mol. The third-order valence-electron chi connectivity index (χ3n) is 20.7. The molecule has 0 aliphatic heterocycles. The fraction of sp³-hybridized carbons (Fsp3) is 0.684. The summed E-state index contributed by atoms with van der Waals surface area (Å²) in [7, 11) is 0. The summed E-state index contributed by atoms with van der Waals surface area (Å²) in [5.74, 6) is 8.83. The van der Waals surface area contributed by atoms with Crippen molar-refractivity contribution in [3.05, 3.63) is 116 Å². The summed E-state index contributed by atoms with van der Waals surface area (Å²) in [6.45, 7) is 29.0. The van der Waals surface area contributed by atoms with Crippen LogP contribution >= 0.6 is 0 Å². The molecule has 0 radical (unpaired) electrons. The minimum atomic E-state index is 0.565. The van der Waals surface area contributed by atoms with Crippen molar-refractivity contribution in [2.24, 2.45) is 0 Å². The van der Waals surface area contributed by atoms with Crippen molar-refractivity contribution >= 4 is 0 Å². The minimum absolute atomic E-state index is 0.565. The summed E-state index contributed by atoms with van der Waals surface area (Å²) in [5, 5.41) is 0. The van der Waals surface area contributed by atoms with Gasteiger partial charge in [0.1, 0.15) is 57.5 Å². The van der Waals surface area contributed by atoms with Gasteiger partial charge in [-0.15, -0.1) is 0 Å². The normalized spacial score (nSPS) is 12.1. The van der Waals surface area contributed by atoms with Crippen LogP contribution in [0.3, 0.4) is 0 Å². The van der Waals surface area contributed by atoms with Crippen LogP contribution in [0, 0.1) is 0 Å². The lowest BCUT2D eigenvalue weighted by Gasteiger charge is -2.22. The van der Waals surface area contributed by atoms with Crippen molar-refractivity contribution in [1.29, 1.82) is 0 Å². The van der Waals surface area contributed by atoms with Crippen molar-refractivity contribution in [3.8, 4) is 57.5 Å². The Balaban J connectivity index is 1.78. The van der Waals surface area contributed by atoms with Gasteiger partial charge in [0.15, 0.2) is 0 Å². The standard InChI is InChI=1S/C95H150O10/c1-11-21-31-41-51-96-86-66-77-62-79-69-91(101-56-46-36-26-16-6)81(71-90(79)100-55-45-35-25-15-5)64-83-73-95(105-60-50-40-30-20-10)85(75-94(83)104-59-49-39-29-19-9)65-84-74-92(102-57-47-37-27-17-7)82(72-93(84)103-58-48-38-28-18-8)63-80-70-88(98-53-43-33-23-13-3)78(68-89(80)99-54-44-34-24-14-4)61-76(86)67-87(77)97-52-42-32-22-12-2/h66-75H,11-65H2,1-10H3. The van der Waals surface area contributed by atoms with E-state index in [1.807, 2.05) is 0 Å². The van der Waals surface area contributed by atoms with Crippen LogP contribution in [-0.4, -0.2) is 66.1 Å². The molecular formula is C95H150O10. The lowest BCUT2D eigenvalue weighted by Crippen LogP contribution is -2.10. The molecule has 10 aliphatic carbocycles. The SMILES string of the molecule is CCCCCCOc1cc2c(OCCCCCC)cc1Cc1cc(OCCCCCC)c(cc1OCCCCCC)Cc1cc(OCCCCCC)c(cc1OCCCCCC)Cc1cc(OCCCCCC)c(cc1OCCCCCC)Cc1cc(OCCCCCC)c(cc1OCCCCCC)C2. The Morgan fingerprint density at radius 2 is 0.238 bits per heavy atom. The number of benzene rings is 5. The Morgan fingerprint density at radius 1 is 0.143 bits per heavy atom. The van der Waals surface area contributed by atoms with Gasteiger partial charge >= 0.3 is 0 Å². The van der Waals surface area contributed by atoms with E-state index in [1.165, 1.54) is 64.2 Å². The fourth-order valence-corrected chi connectivity index (χ4v) is 14.1. The molecule has 0 saturated carbocycles. The third-order valence-corrected chi connectivity index (χ3v) is 20.7. The van der Waals surface area contributed by atoms with Gasteiger partial charge in [-0.3, -0.25) is 0 Å². The van der Waals surface area contributed by atoms with Crippen molar-refractivity contribution in [2.45, 2.75) is 358 Å². The van der Waals surface area contributed by atoms with Gasteiger partial charge in [-0.1, -0.05) is 262 Å². The Labute approximate surface area is 642 Å².